The number of nitrogens with one attached hydrogen (secondary N) is 2. The molecule has 0 atom stereocenters. The minimum Gasteiger partial charge on any atom is -0.369 e. The number of aryl methyl sites for hydroxylation is 1. The maximum Gasteiger partial charge on any atom is 0.254 e. The van der Waals surface area contributed by atoms with Crippen molar-refractivity contribution in [3.8, 4) is 0 Å². The number of halogens is 2. The van der Waals surface area contributed by atoms with Gasteiger partial charge in [0.05, 0.1) is 10.0 Å². The Bertz CT molecular complexity index is 811. The van der Waals surface area contributed by atoms with E-state index in [1.165, 1.54) is 12.8 Å². The van der Waals surface area contributed by atoms with Gasteiger partial charge in [-0.1, -0.05) is 36.5 Å². The molecule has 0 saturated carbocycles. The van der Waals surface area contributed by atoms with Gasteiger partial charge in [-0.25, -0.2) is 4.98 Å². The number of hydrogen-bond donors (Lipinski definition) is 3. The summed E-state index contributed by atoms with van der Waals surface area (Å²) in [7, 11) is 2.12. The quantitative estimate of drug-likeness (QED) is 0.411. The third kappa shape index (κ3) is 7.50. The Morgan fingerprint density at radius 3 is 2.68 bits per heavy atom. The Morgan fingerprint density at radius 2 is 1.96 bits per heavy atom. The number of nitrogens with zero attached hydrogens (tertiary/aromatic N) is 4. The molecule has 0 amide bonds. The molecule has 0 aliphatic rings. The van der Waals surface area contributed by atoms with Gasteiger partial charge in [0.1, 0.15) is 5.82 Å². The van der Waals surface area contributed by atoms with Gasteiger partial charge in [0.2, 0.25) is 5.96 Å². The zero-order valence-corrected chi connectivity index (χ0v) is 18.0. The van der Waals surface area contributed by atoms with Gasteiger partial charge in [-0.05, 0) is 45.1 Å². The van der Waals surface area contributed by atoms with E-state index < -0.39 is 0 Å². The van der Waals surface area contributed by atoms with E-state index in [1.54, 1.807) is 18.2 Å². The Hall–Kier alpha value is -2.09. The molecule has 0 unspecified atom stereocenters. The van der Waals surface area contributed by atoms with Crippen molar-refractivity contribution in [1.29, 1.82) is 0 Å². The minimum absolute atomic E-state index is 0.161. The summed E-state index contributed by atoms with van der Waals surface area (Å²) in [6.45, 7) is 6.90. The van der Waals surface area contributed by atoms with Crippen LogP contribution in [0.1, 0.15) is 25.5 Å². The summed E-state index contributed by atoms with van der Waals surface area (Å²) < 4.78 is 0. The standard InChI is InChI=1S/C19H27Cl2N7/c1-4-5-9-28(3)10-8-23-17-11-13(2)24-19(26-17)27-18(22)25-14-6-7-15(20)16(21)12-14/h6-7,11-12H,4-5,8-10H2,1-3H3,(H4,22,23,24,25,26,27). The molecular weight excluding hydrogens is 397 g/mol. The van der Waals surface area contributed by atoms with Crippen LogP contribution in [0.2, 0.25) is 10.0 Å². The van der Waals surface area contributed by atoms with E-state index >= 15 is 0 Å². The fourth-order valence-electron chi connectivity index (χ4n) is 2.47. The topological polar surface area (TPSA) is 91.5 Å². The van der Waals surface area contributed by atoms with E-state index in [-0.39, 0.29) is 11.9 Å². The van der Waals surface area contributed by atoms with Crippen LogP contribution in [0.3, 0.4) is 0 Å². The average molecular weight is 424 g/mol. The lowest BCUT2D eigenvalue weighted by molar-refractivity contribution is 0.340. The Labute approximate surface area is 176 Å². The van der Waals surface area contributed by atoms with Crippen LogP contribution in [0.25, 0.3) is 0 Å². The summed E-state index contributed by atoms with van der Waals surface area (Å²) in [6.07, 6.45) is 2.40. The number of guanidine groups is 1. The summed E-state index contributed by atoms with van der Waals surface area (Å²) in [5.41, 5.74) is 7.45. The van der Waals surface area contributed by atoms with Crippen LogP contribution in [0, 0.1) is 6.92 Å². The fourth-order valence-corrected chi connectivity index (χ4v) is 2.76. The van der Waals surface area contributed by atoms with Gasteiger partial charge >= 0.3 is 0 Å². The molecule has 28 heavy (non-hydrogen) atoms. The first kappa shape index (κ1) is 22.2. The first-order valence-electron chi connectivity index (χ1n) is 9.21. The van der Waals surface area contributed by atoms with Crippen LogP contribution >= 0.6 is 23.2 Å². The number of hydrogen-bond acceptors (Lipinski definition) is 5. The van der Waals surface area contributed by atoms with Crippen molar-refractivity contribution in [2.45, 2.75) is 26.7 Å². The van der Waals surface area contributed by atoms with E-state index in [2.05, 4.69) is 44.5 Å². The summed E-state index contributed by atoms with van der Waals surface area (Å²) in [4.78, 5) is 15.3. The molecule has 0 radical (unpaired) electrons. The molecule has 1 aromatic heterocycles. The van der Waals surface area contributed by atoms with Gasteiger partial charge in [0, 0.05) is 30.5 Å². The molecule has 7 nitrogen and oxygen atoms in total. The van der Waals surface area contributed by atoms with Crippen LogP contribution in [-0.2, 0) is 0 Å². The molecule has 0 aliphatic carbocycles. The van der Waals surface area contributed by atoms with Gasteiger partial charge in [-0.2, -0.15) is 9.98 Å². The summed E-state index contributed by atoms with van der Waals surface area (Å²) in [5, 5.41) is 7.17. The lowest BCUT2D eigenvalue weighted by Crippen LogP contribution is -2.26. The highest BCUT2D eigenvalue weighted by atomic mass is 35.5. The van der Waals surface area contributed by atoms with Gasteiger partial charge < -0.3 is 21.3 Å². The van der Waals surface area contributed by atoms with Crippen molar-refractivity contribution in [3.05, 3.63) is 40.0 Å². The largest absolute Gasteiger partial charge is 0.369 e. The van der Waals surface area contributed by atoms with Crippen molar-refractivity contribution in [3.63, 3.8) is 0 Å². The second-order valence-electron chi connectivity index (χ2n) is 6.53. The predicted octanol–water partition coefficient (Wildman–Crippen LogP) is 4.29. The van der Waals surface area contributed by atoms with E-state index in [0.717, 1.165) is 31.1 Å². The number of benzene rings is 1. The third-order valence-corrected chi connectivity index (χ3v) is 4.69. The summed E-state index contributed by atoms with van der Waals surface area (Å²) in [6, 6.07) is 7.00. The zero-order chi connectivity index (χ0) is 20.5. The molecule has 0 spiro atoms. The molecule has 0 fully saturated rings. The monoisotopic (exact) mass is 423 g/mol. The van der Waals surface area contributed by atoms with E-state index in [9.17, 15) is 0 Å². The maximum absolute atomic E-state index is 6.01. The Morgan fingerprint density at radius 1 is 1.18 bits per heavy atom. The number of likely N-dealkylation sites (N-methyl/N-ethyl adjacent to an activating group) is 1. The summed E-state index contributed by atoms with van der Waals surface area (Å²) >= 11 is 11.9. The fraction of sp³-hybridized carbons (Fsp3) is 0.421. The SMILES string of the molecule is CCCCN(C)CCNc1cc(C)nc(/N=C(\N)Nc2ccc(Cl)c(Cl)c2)n1. The zero-order valence-electron chi connectivity index (χ0n) is 16.5. The molecular formula is C19H27Cl2N7. The molecule has 0 saturated heterocycles. The molecule has 2 aromatic rings. The van der Waals surface area contributed by atoms with Gasteiger partial charge in [-0.15, -0.1) is 0 Å². The Balaban J connectivity index is 1.99. The molecule has 9 heteroatoms. The highest BCUT2D eigenvalue weighted by Gasteiger charge is 2.05. The minimum atomic E-state index is 0.161. The van der Waals surface area contributed by atoms with Crippen LogP contribution in [0.4, 0.5) is 17.5 Å². The molecule has 4 N–H and O–H groups in total. The van der Waals surface area contributed by atoms with Crippen molar-refractivity contribution in [1.82, 2.24) is 14.9 Å². The van der Waals surface area contributed by atoms with Crippen molar-refractivity contribution >= 4 is 46.6 Å². The second-order valence-corrected chi connectivity index (χ2v) is 7.34. The van der Waals surface area contributed by atoms with E-state index in [4.69, 9.17) is 28.9 Å². The maximum atomic E-state index is 6.01. The van der Waals surface area contributed by atoms with Crippen LogP contribution in [0.15, 0.2) is 29.3 Å². The number of anilines is 2. The van der Waals surface area contributed by atoms with E-state index in [1.807, 2.05) is 13.0 Å². The number of nitrogens with two attached hydrogens (primary N) is 1. The van der Waals surface area contributed by atoms with E-state index in [0.29, 0.717) is 15.7 Å². The second kappa shape index (κ2) is 11.0. The number of rotatable bonds is 9. The number of aliphatic imine (C=N–C) groups is 1. The van der Waals surface area contributed by atoms with Gasteiger partial charge in [-0.3, -0.25) is 0 Å². The first-order valence-corrected chi connectivity index (χ1v) is 9.97. The average Bonchev–Trinajstić information content (AvgIpc) is 2.62. The molecule has 0 bridgehead atoms. The van der Waals surface area contributed by atoms with Crippen LogP contribution in [-0.4, -0.2) is 47.5 Å². The highest BCUT2D eigenvalue weighted by molar-refractivity contribution is 6.42. The van der Waals surface area contributed by atoms with Crippen molar-refractivity contribution < 1.29 is 0 Å². The molecule has 1 heterocycles. The molecule has 1 aromatic carbocycles. The van der Waals surface area contributed by atoms with Crippen LogP contribution < -0.4 is 16.4 Å². The van der Waals surface area contributed by atoms with Crippen LogP contribution in [0.5, 0.6) is 0 Å². The first-order chi connectivity index (χ1) is 13.4. The lowest BCUT2D eigenvalue weighted by Gasteiger charge is -2.16. The number of aromatic nitrogens is 2. The predicted molar refractivity (Wildman–Crippen MR) is 119 cm³/mol. The molecule has 0 aliphatic heterocycles. The summed E-state index contributed by atoms with van der Waals surface area (Å²) in [5.74, 6) is 1.17. The highest BCUT2D eigenvalue weighted by Crippen LogP contribution is 2.25. The van der Waals surface area contributed by atoms with Crippen molar-refractivity contribution in [2.24, 2.45) is 10.7 Å². The third-order valence-electron chi connectivity index (χ3n) is 3.95. The van der Waals surface area contributed by atoms with Gasteiger partial charge in [0.15, 0.2) is 0 Å². The van der Waals surface area contributed by atoms with Gasteiger partial charge in [0.25, 0.3) is 5.95 Å². The molecule has 2 rings (SSSR count). The molecule has 152 valence electrons. The number of unbranched alkanes of at least 4 members (excludes halogenated alkanes) is 1. The lowest BCUT2D eigenvalue weighted by atomic mass is 10.3. The smallest absolute Gasteiger partial charge is 0.254 e. The normalized spacial score (nSPS) is 11.7. The van der Waals surface area contributed by atoms with Crippen molar-refractivity contribution in [2.75, 3.05) is 37.3 Å². The Kier molecular flexibility index (Phi) is 8.76.